The molecule has 0 bridgehead atoms. The van der Waals surface area contributed by atoms with E-state index in [0.717, 1.165) is 19.3 Å². The fraction of sp³-hybridized carbons (Fsp3) is 0.750. The summed E-state index contributed by atoms with van der Waals surface area (Å²) in [5.41, 5.74) is 0. The molecule has 0 unspecified atom stereocenters. The molecule has 52 valence electrons. The lowest BCUT2D eigenvalue weighted by Crippen LogP contribution is -2.04. The molecule has 0 aliphatic heterocycles. The Balaban J connectivity index is 3.07. The second kappa shape index (κ2) is 5.65. The molecule has 0 aliphatic rings. The van der Waals surface area contributed by atoms with E-state index in [-0.39, 0.29) is 6.10 Å². The van der Waals surface area contributed by atoms with E-state index in [0.29, 0.717) is 6.42 Å². The van der Waals surface area contributed by atoms with E-state index in [2.05, 4.69) is 12.8 Å². The predicted octanol–water partition coefficient (Wildman–Crippen LogP) is 1.56. The van der Waals surface area contributed by atoms with Gasteiger partial charge in [0.15, 0.2) is 0 Å². The van der Waals surface area contributed by atoms with Crippen molar-refractivity contribution in [2.45, 2.75) is 38.7 Å². The second-order valence-corrected chi connectivity index (χ2v) is 2.19. The van der Waals surface area contributed by atoms with Gasteiger partial charge in [0.1, 0.15) is 0 Å². The highest BCUT2D eigenvalue weighted by atomic mass is 16.3. The first-order chi connectivity index (χ1) is 4.31. The van der Waals surface area contributed by atoms with Gasteiger partial charge in [0.05, 0.1) is 6.10 Å². The molecule has 0 aliphatic carbocycles. The molecule has 0 aromatic rings. The lowest BCUT2D eigenvalue weighted by Gasteiger charge is -2.04. The van der Waals surface area contributed by atoms with E-state index in [1.54, 1.807) is 0 Å². The number of rotatable bonds is 4. The maximum Gasteiger partial charge on any atom is 0.0549 e. The van der Waals surface area contributed by atoms with Crippen molar-refractivity contribution in [3.8, 4) is 12.3 Å². The van der Waals surface area contributed by atoms with Crippen molar-refractivity contribution in [2.24, 2.45) is 0 Å². The summed E-state index contributed by atoms with van der Waals surface area (Å²) in [6, 6.07) is 0. The zero-order chi connectivity index (χ0) is 7.11. The van der Waals surface area contributed by atoms with Crippen LogP contribution in [0.5, 0.6) is 0 Å². The van der Waals surface area contributed by atoms with Crippen LogP contribution in [0.3, 0.4) is 0 Å². The maximum absolute atomic E-state index is 9.08. The van der Waals surface area contributed by atoms with Crippen molar-refractivity contribution in [2.75, 3.05) is 0 Å². The zero-order valence-corrected chi connectivity index (χ0v) is 5.93. The molecular formula is C8H14O. The van der Waals surface area contributed by atoms with Crippen LogP contribution in [0.4, 0.5) is 0 Å². The molecule has 1 heteroatoms. The molecule has 0 spiro atoms. The molecule has 1 N–H and O–H groups in total. The average Bonchev–Trinajstić information content (AvgIpc) is 1.85. The van der Waals surface area contributed by atoms with Gasteiger partial charge in [-0.25, -0.2) is 0 Å². The van der Waals surface area contributed by atoms with Crippen LogP contribution in [-0.2, 0) is 0 Å². The largest absolute Gasteiger partial charge is 0.393 e. The Bertz CT molecular complexity index is 91.2. The van der Waals surface area contributed by atoms with Crippen molar-refractivity contribution >= 4 is 0 Å². The normalized spacial score (nSPS) is 12.6. The summed E-state index contributed by atoms with van der Waals surface area (Å²) >= 11 is 0. The summed E-state index contributed by atoms with van der Waals surface area (Å²) in [7, 11) is 0. The van der Waals surface area contributed by atoms with Crippen LogP contribution >= 0.6 is 0 Å². The van der Waals surface area contributed by atoms with E-state index in [1.165, 1.54) is 0 Å². The first kappa shape index (κ1) is 8.52. The van der Waals surface area contributed by atoms with Gasteiger partial charge >= 0.3 is 0 Å². The Kier molecular flexibility index (Phi) is 5.35. The van der Waals surface area contributed by atoms with Crippen LogP contribution in [0.15, 0.2) is 0 Å². The Morgan fingerprint density at radius 3 is 2.67 bits per heavy atom. The molecule has 0 fully saturated rings. The predicted molar refractivity (Wildman–Crippen MR) is 39.0 cm³/mol. The third-order valence-electron chi connectivity index (χ3n) is 1.24. The Labute approximate surface area is 57.1 Å². The highest BCUT2D eigenvalue weighted by Crippen LogP contribution is 2.02. The summed E-state index contributed by atoms with van der Waals surface area (Å²) in [6.07, 6.45) is 8.20. The van der Waals surface area contributed by atoms with Crippen molar-refractivity contribution in [1.29, 1.82) is 0 Å². The molecule has 0 aromatic heterocycles. The second-order valence-electron chi connectivity index (χ2n) is 2.19. The molecule has 1 atom stereocenters. The highest BCUT2D eigenvalue weighted by Gasteiger charge is 1.98. The van der Waals surface area contributed by atoms with E-state index in [9.17, 15) is 0 Å². The fourth-order valence-corrected chi connectivity index (χ4v) is 0.728. The molecule has 0 amide bonds. The molecule has 1 nitrogen and oxygen atoms in total. The Morgan fingerprint density at radius 2 is 2.22 bits per heavy atom. The number of aliphatic hydroxyl groups is 1. The maximum atomic E-state index is 9.08. The lowest BCUT2D eigenvalue weighted by molar-refractivity contribution is 0.155. The third kappa shape index (κ3) is 5.39. The van der Waals surface area contributed by atoms with Crippen LogP contribution in [-0.4, -0.2) is 11.2 Å². The quantitative estimate of drug-likeness (QED) is 0.567. The monoisotopic (exact) mass is 126 g/mol. The van der Waals surface area contributed by atoms with E-state index in [4.69, 9.17) is 11.5 Å². The first-order valence-corrected chi connectivity index (χ1v) is 3.42. The van der Waals surface area contributed by atoms with E-state index >= 15 is 0 Å². The van der Waals surface area contributed by atoms with Crippen molar-refractivity contribution in [3.63, 3.8) is 0 Å². The van der Waals surface area contributed by atoms with Crippen LogP contribution in [0.2, 0.25) is 0 Å². The smallest absolute Gasteiger partial charge is 0.0549 e. The minimum absolute atomic E-state index is 0.175. The van der Waals surface area contributed by atoms with Gasteiger partial charge in [0.2, 0.25) is 0 Å². The van der Waals surface area contributed by atoms with Gasteiger partial charge in [0, 0.05) is 6.42 Å². The molecule has 0 saturated heterocycles. The Morgan fingerprint density at radius 1 is 1.56 bits per heavy atom. The number of aliphatic hydroxyl groups excluding tert-OH is 1. The Hall–Kier alpha value is -0.480. The third-order valence-corrected chi connectivity index (χ3v) is 1.24. The van der Waals surface area contributed by atoms with Gasteiger partial charge < -0.3 is 5.11 Å². The van der Waals surface area contributed by atoms with Gasteiger partial charge in [-0.2, -0.15) is 0 Å². The molecule has 0 saturated carbocycles. The SMILES string of the molecule is C#CCC[C@@H](O)CCC. The number of terminal acetylenes is 1. The van der Waals surface area contributed by atoms with Crippen LogP contribution < -0.4 is 0 Å². The topological polar surface area (TPSA) is 20.2 Å². The highest BCUT2D eigenvalue weighted by molar-refractivity contribution is 4.84. The minimum atomic E-state index is -0.175. The summed E-state index contributed by atoms with van der Waals surface area (Å²) in [5.74, 6) is 2.50. The number of hydrogen-bond donors (Lipinski definition) is 1. The lowest BCUT2D eigenvalue weighted by atomic mass is 10.1. The fourth-order valence-electron chi connectivity index (χ4n) is 0.728. The van der Waals surface area contributed by atoms with Crippen molar-refractivity contribution < 1.29 is 5.11 Å². The van der Waals surface area contributed by atoms with Crippen molar-refractivity contribution in [3.05, 3.63) is 0 Å². The summed E-state index contributed by atoms with van der Waals surface area (Å²) < 4.78 is 0. The van der Waals surface area contributed by atoms with Gasteiger partial charge in [-0.3, -0.25) is 0 Å². The zero-order valence-electron chi connectivity index (χ0n) is 5.93. The van der Waals surface area contributed by atoms with E-state index < -0.39 is 0 Å². The molecule has 0 rings (SSSR count). The molecule has 0 heterocycles. The van der Waals surface area contributed by atoms with Gasteiger partial charge in [-0.1, -0.05) is 13.3 Å². The molecule has 0 radical (unpaired) electrons. The summed E-state index contributed by atoms with van der Waals surface area (Å²) in [6.45, 7) is 2.05. The van der Waals surface area contributed by atoms with Crippen molar-refractivity contribution in [1.82, 2.24) is 0 Å². The van der Waals surface area contributed by atoms with Crippen LogP contribution in [0, 0.1) is 12.3 Å². The minimum Gasteiger partial charge on any atom is -0.393 e. The number of hydrogen-bond acceptors (Lipinski definition) is 1. The molecular weight excluding hydrogens is 112 g/mol. The summed E-state index contributed by atoms with van der Waals surface area (Å²) in [4.78, 5) is 0. The molecule has 0 aromatic carbocycles. The summed E-state index contributed by atoms with van der Waals surface area (Å²) in [5, 5.41) is 9.08. The average molecular weight is 126 g/mol. The van der Waals surface area contributed by atoms with Gasteiger partial charge in [-0.15, -0.1) is 12.3 Å². The standard InChI is InChI=1S/C8H14O/c1-3-5-7-8(9)6-4-2/h1,8-9H,4-7H2,2H3/t8-/m0/s1. The van der Waals surface area contributed by atoms with Gasteiger partial charge in [0.25, 0.3) is 0 Å². The van der Waals surface area contributed by atoms with Crippen LogP contribution in [0.25, 0.3) is 0 Å². The molecule has 9 heavy (non-hydrogen) atoms. The first-order valence-electron chi connectivity index (χ1n) is 3.42. The van der Waals surface area contributed by atoms with Crippen LogP contribution in [0.1, 0.15) is 32.6 Å². The van der Waals surface area contributed by atoms with E-state index in [1.807, 2.05) is 0 Å². The van der Waals surface area contributed by atoms with Gasteiger partial charge in [-0.05, 0) is 12.8 Å².